The number of H-pyrrole nitrogens is 1. The zero-order valence-corrected chi connectivity index (χ0v) is 22.7. The van der Waals surface area contributed by atoms with Crippen molar-refractivity contribution in [1.29, 1.82) is 0 Å². The van der Waals surface area contributed by atoms with Gasteiger partial charge in [0.15, 0.2) is 5.82 Å². The molecule has 3 aromatic heterocycles. The molecule has 10 heteroatoms. The van der Waals surface area contributed by atoms with E-state index in [-0.39, 0.29) is 5.56 Å². The zero-order chi connectivity index (χ0) is 26.9. The first kappa shape index (κ1) is 25.3. The number of piperazine rings is 1. The maximum atomic E-state index is 13.6. The number of anilines is 1. The number of benzene rings is 2. The average molecular weight is 544 g/mol. The summed E-state index contributed by atoms with van der Waals surface area (Å²) in [7, 11) is 0. The molecule has 1 aliphatic rings. The SMILES string of the molecule is CCc1ccc2[nH]c(=O)c(C(c3nnnn3Cc3ccco3)N3CCN(c4cc(Cl)ccc4C)CC3)cc2c1. The zero-order valence-electron chi connectivity index (χ0n) is 22.0. The van der Waals surface area contributed by atoms with Gasteiger partial charge in [-0.3, -0.25) is 9.69 Å². The lowest BCUT2D eigenvalue weighted by molar-refractivity contribution is 0.200. The van der Waals surface area contributed by atoms with Gasteiger partial charge in [-0.2, -0.15) is 0 Å². The highest BCUT2D eigenvalue weighted by Crippen LogP contribution is 2.31. The molecule has 1 N–H and O–H groups in total. The number of hydrogen-bond acceptors (Lipinski definition) is 7. The summed E-state index contributed by atoms with van der Waals surface area (Å²) in [4.78, 5) is 21.3. The minimum absolute atomic E-state index is 0.141. The fraction of sp³-hybridized carbons (Fsp3) is 0.310. The van der Waals surface area contributed by atoms with Crippen molar-refractivity contribution in [2.45, 2.75) is 32.9 Å². The number of aromatic nitrogens is 5. The highest BCUT2D eigenvalue weighted by molar-refractivity contribution is 6.30. The second-order valence-corrected chi connectivity index (χ2v) is 10.4. The Labute approximate surface area is 231 Å². The van der Waals surface area contributed by atoms with Crippen LogP contribution in [0.3, 0.4) is 0 Å². The number of nitrogens with one attached hydrogen (secondary N) is 1. The summed E-state index contributed by atoms with van der Waals surface area (Å²) in [6.07, 6.45) is 2.55. The molecule has 200 valence electrons. The molecule has 1 atom stereocenters. The van der Waals surface area contributed by atoms with Crippen molar-refractivity contribution in [3.8, 4) is 0 Å². The summed E-state index contributed by atoms with van der Waals surface area (Å²) < 4.78 is 7.29. The molecular weight excluding hydrogens is 514 g/mol. The standard InChI is InChI=1S/C29H30ClN7O2/c1-3-20-7-9-25-21(15-20)16-24(29(38)31-25)27(28-32-33-34-37(28)18-23-5-4-14-39-23)36-12-10-35(11-13-36)26-17-22(30)8-6-19(26)2/h4-9,14-17,27H,3,10-13,18H2,1-2H3,(H,31,38). The Kier molecular flexibility index (Phi) is 6.93. The Hall–Kier alpha value is -3.95. The third kappa shape index (κ3) is 5.07. The van der Waals surface area contributed by atoms with Crippen molar-refractivity contribution in [2.75, 3.05) is 31.1 Å². The number of aryl methyl sites for hydroxylation is 2. The molecule has 2 aromatic carbocycles. The van der Waals surface area contributed by atoms with Crippen molar-refractivity contribution in [3.05, 3.63) is 105 Å². The molecule has 0 saturated carbocycles. The predicted octanol–water partition coefficient (Wildman–Crippen LogP) is 4.59. The third-order valence-electron chi connectivity index (χ3n) is 7.52. The van der Waals surface area contributed by atoms with Crippen molar-refractivity contribution >= 4 is 28.2 Å². The van der Waals surface area contributed by atoms with Gasteiger partial charge in [-0.15, -0.1) is 5.10 Å². The van der Waals surface area contributed by atoms with Crippen LogP contribution in [0.15, 0.2) is 70.1 Å². The Bertz CT molecular complexity index is 1650. The second-order valence-electron chi connectivity index (χ2n) is 9.96. The van der Waals surface area contributed by atoms with E-state index in [1.54, 1.807) is 10.9 Å². The van der Waals surface area contributed by atoms with Crippen molar-refractivity contribution in [3.63, 3.8) is 0 Å². The summed E-state index contributed by atoms with van der Waals surface area (Å²) in [6.45, 7) is 7.60. The number of fused-ring (bicyclic) bond motifs is 1. The number of pyridine rings is 1. The van der Waals surface area contributed by atoms with E-state index in [9.17, 15) is 4.79 Å². The first-order chi connectivity index (χ1) is 19.0. The lowest BCUT2D eigenvalue weighted by Gasteiger charge is -2.40. The first-order valence-electron chi connectivity index (χ1n) is 13.2. The second kappa shape index (κ2) is 10.7. The van der Waals surface area contributed by atoms with Crippen molar-refractivity contribution < 1.29 is 4.42 Å². The molecular formula is C29H30ClN7O2. The first-order valence-corrected chi connectivity index (χ1v) is 13.6. The van der Waals surface area contributed by atoms with Gasteiger partial charge in [0.2, 0.25) is 0 Å². The quantitative estimate of drug-likeness (QED) is 0.321. The molecule has 9 nitrogen and oxygen atoms in total. The number of hydrogen-bond donors (Lipinski definition) is 1. The number of halogens is 1. The largest absolute Gasteiger partial charge is 0.467 e. The number of aromatic amines is 1. The molecule has 0 bridgehead atoms. The average Bonchev–Trinajstić information content (AvgIpc) is 3.63. The van der Waals surface area contributed by atoms with Crippen LogP contribution in [-0.2, 0) is 13.0 Å². The summed E-state index contributed by atoms with van der Waals surface area (Å²) in [5.74, 6) is 1.35. The van der Waals surface area contributed by atoms with Gasteiger partial charge in [-0.1, -0.05) is 30.7 Å². The van der Waals surface area contributed by atoms with Gasteiger partial charge in [0.1, 0.15) is 18.3 Å². The van der Waals surface area contributed by atoms with E-state index < -0.39 is 6.04 Å². The van der Waals surface area contributed by atoms with E-state index in [0.717, 1.165) is 60.0 Å². The van der Waals surface area contributed by atoms with E-state index in [1.165, 1.54) is 11.1 Å². The maximum absolute atomic E-state index is 13.6. The van der Waals surface area contributed by atoms with Crippen LogP contribution in [0.5, 0.6) is 0 Å². The lowest BCUT2D eigenvalue weighted by atomic mass is 10.0. The van der Waals surface area contributed by atoms with Crippen LogP contribution in [0.25, 0.3) is 10.9 Å². The van der Waals surface area contributed by atoms with Crippen LogP contribution >= 0.6 is 11.6 Å². The summed E-state index contributed by atoms with van der Waals surface area (Å²) >= 11 is 6.32. The topological polar surface area (TPSA) is 96.1 Å². The van der Waals surface area contributed by atoms with E-state index in [2.05, 4.69) is 62.4 Å². The Morgan fingerprint density at radius 2 is 1.92 bits per heavy atom. The van der Waals surface area contributed by atoms with E-state index in [4.69, 9.17) is 16.0 Å². The van der Waals surface area contributed by atoms with Gasteiger partial charge in [0.25, 0.3) is 5.56 Å². The molecule has 39 heavy (non-hydrogen) atoms. The van der Waals surface area contributed by atoms with Crippen LogP contribution in [0.1, 0.15) is 41.2 Å². The van der Waals surface area contributed by atoms with Gasteiger partial charge < -0.3 is 14.3 Å². The van der Waals surface area contributed by atoms with Gasteiger partial charge >= 0.3 is 0 Å². The number of rotatable bonds is 7. The molecule has 4 heterocycles. The Balaban J connectivity index is 1.39. The molecule has 1 aliphatic heterocycles. The molecule has 1 saturated heterocycles. The van der Waals surface area contributed by atoms with E-state index in [0.29, 0.717) is 17.9 Å². The van der Waals surface area contributed by atoms with Crippen LogP contribution < -0.4 is 10.5 Å². The third-order valence-corrected chi connectivity index (χ3v) is 7.76. The fourth-order valence-corrected chi connectivity index (χ4v) is 5.58. The van der Waals surface area contributed by atoms with Crippen LogP contribution in [0.2, 0.25) is 5.02 Å². The summed E-state index contributed by atoms with van der Waals surface area (Å²) in [5, 5.41) is 14.4. The molecule has 1 fully saturated rings. The van der Waals surface area contributed by atoms with Crippen LogP contribution in [-0.4, -0.2) is 56.3 Å². The molecule has 5 aromatic rings. The molecule has 6 rings (SSSR count). The van der Waals surface area contributed by atoms with Crippen LogP contribution in [0, 0.1) is 6.92 Å². The number of nitrogens with zero attached hydrogens (tertiary/aromatic N) is 6. The van der Waals surface area contributed by atoms with Crippen molar-refractivity contribution in [2.24, 2.45) is 0 Å². The fourth-order valence-electron chi connectivity index (χ4n) is 5.41. The van der Waals surface area contributed by atoms with E-state index >= 15 is 0 Å². The Morgan fingerprint density at radius 1 is 1.08 bits per heavy atom. The van der Waals surface area contributed by atoms with Crippen LogP contribution in [0.4, 0.5) is 5.69 Å². The highest BCUT2D eigenvalue weighted by Gasteiger charge is 2.33. The molecule has 0 radical (unpaired) electrons. The highest BCUT2D eigenvalue weighted by atomic mass is 35.5. The van der Waals surface area contributed by atoms with Gasteiger partial charge in [-0.25, -0.2) is 4.68 Å². The number of furan rings is 1. The minimum atomic E-state index is -0.434. The summed E-state index contributed by atoms with van der Waals surface area (Å²) in [6, 6.07) is 17.4. The minimum Gasteiger partial charge on any atom is -0.467 e. The molecule has 1 unspecified atom stereocenters. The monoisotopic (exact) mass is 543 g/mol. The Morgan fingerprint density at radius 3 is 2.69 bits per heavy atom. The smallest absolute Gasteiger partial charge is 0.253 e. The molecule has 0 spiro atoms. The summed E-state index contributed by atoms with van der Waals surface area (Å²) in [5.41, 5.74) is 4.83. The normalized spacial score (nSPS) is 15.2. The lowest BCUT2D eigenvalue weighted by Crippen LogP contribution is -2.49. The van der Waals surface area contributed by atoms with Crippen molar-refractivity contribution in [1.82, 2.24) is 30.1 Å². The molecule has 0 amide bonds. The van der Waals surface area contributed by atoms with Gasteiger partial charge in [0.05, 0.1) is 6.26 Å². The predicted molar refractivity (Wildman–Crippen MR) is 151 cm³/mol. The molecule has 0 aliphatic carbocycles. The van der Waals surface area contributed by atoms with Gasteiger partial charge in [0, 0.05) is 48.0 Å². The van der Waals surface area contributed by atoms with Gasteiger partial charge in [-0.05, 0) is 82.7 Å². The maximum Gasteiger partial charge on any atom is 0.253 e. The number of tetrazole rings is 1. The van der Waals surface area contributed by atoms with E-state index in [1.807, 2.05) is 36.4 Å².